The number of hydrogen-bond acceptors (Lipinski definition) is 5. The number of nitro groups is 1. The Morgan fingerprint density at radius 3 is 2.65 bits per heavy atom. The molecule has 26 heavy (non-hydrogen) atoms. The van der Waals surface area contributed by atoms with Crippen LogP contribution < -0.4 is 0 Å². The van der Waals surface area contributed by atoms with Crippen LogP contribution in [0.2, 0.25) is 5.02 Å². The van der Waals surface area contributed by atoms with Crippen LogP contribution in [0.5, 0.6) is 0 Å². The van der Waals surface area contributed by atoms with Crippen LogP contribution in [0.1, 0.15) is 21.5 Å². The minimum Gasteiger partial charge on any atom is -0.452 e. The summed E-state index contributed by atoms with van der Waals surface area (Å²) in [5.41, 5.74) is 1.56. The summed E-state index contributed by atoms with van der Waals surface area (Å²) in [4.78, 5) is 36.4. The zero-order valence-electron chi connectivity index (χ0n) is 13.7. The van der Waals surface area contributed by atoms with E-state index in [2.05, 4.69) is 0 Å². The summed E-state index contributed by atoms with van der Waals surface area (Å²) in [6, 6.07) is 11.5. The Kier molecular flexibility index (Phi) is 5.18. The van der Waals surface area contributed by atoms with E-state index in [1.54, 1.807) is 4.90 Å². The number of hydrogen-bond donors (Lipinski definition) is 0. The van der Waals surface area contributed by atoms with Gasteiger partial charge in [-0.2, -0.15) is 0 Å². The van der Waals surface area contributed by atoms with E-state index in [9.17, 15) is 19.7 Å². The number of fused-ring (bicyclic) bond motifs is 1. The van der Waals surface area contributed by atoms with E-state index >= 15 is 0 Å². The SMILES string of the molecule is O=C(OCC(=O)N1CCc2ccccc2C1)c1ccc(Cl)cc1[N+](=O)[O-]. The lowest BCUT2D eigenvalue weighted by atomic mass is 10.00. The maximum Gasteiger partial charge on any atom is 0.345 e. The van der Waals surface area contributed by atoms with Gasteiger partial charge >= 0.3 is 5.97 Å². The van der Waals surface area contributed by atoms with Crippen LogP contribution in [0.3, 0.4) is 0 Å². The second-order valence-corrected chi connectivity index (χ2v) is 6.27. The third-order valence-corrected chi connectivity index (χ3v) is 4.42. The monoisotopic (exact) mass is 374 g/mol. The first kappa shape index (κ1) is 17.9. The van der Waals surface area contributed by atoms with Crippen LogP contribution in [0.15, 0.2) is 42.5 Å². The van der Waals surface area contributed by atoms with Gasteiger partial charge in [0.1, 0.15) is 5.56 Å². The molecule has 1 aliphatic heterocycles. The molecule has 0 radical (unpaired) electrons. The van der Waals surface area contributed by atoms with E-state index in [4.69, 9.17) is 16.3 Å². The summed E-state index contributed by atoms with van der Waals surface area (Å²) >= 11 is 5.72. The molecule has 0 unspecified atom stereocenters. The Hall–Kier alpha value is -2.93. The molecule has 0 N–H and O–H groups in total. The van der Waals surface area contributed by atoms with Crippen molar-refractivity contribution in [2.45, 2.75) is 13.0 Å². The van der Waals surface area contributed by atoms with Gasteiger partial charge in [-0.1, -0.05) is 35.9 Å². The molecule has 1 heterocycles. The summed E-state index contributed by atoms with van der Waals surface area (Å²) in [6.45, 7) is 0.517. The highest BCUT2D eigenvalue weighted by Crippen LogP contribution is 2.24. The van der Waals surface area contributed by atoms with Gasteiger partial charge < -0.3 is 9.64 Å². The summed E-state index contributed by atoms with van der Waals surface area (Å²) in [7, 11) is 0. The van der Waals surface area contributed by atoms with Crippen LogP contribution in [-0.2, 0) is 22.5 Å². The first-order valence-electron chi connectivity index (χ1n) is 7.91. The Morgan fingerprint density at radius 2 is 1.92 bits per heavy atom. The molecule has 3 rings (SSSR count). The Morgan fingerprint density at radius 1 is 1.19 bits per heavy atom. The highest BCUT2D eigenvalue weighted by molar-refractivity contribution is 6.31. The van der Waals surface area contributed by atoms with Gasteiger partial charge in [0.25, 0.3) is 11.6 Å². The number of esters is 1. The molecule has 0 atom stereocenters. The van der Waals surface area contributed by atoms with Crippen molar-refractivity contribution in [2.24, 2.45) is 0 Å². The van der Waals surface area contributed by atoms with Gasteiger partial charge in [-0.05, 0) is 29.7 Å². The fourth-order valence-corrected chi connectivity index (χ4v) is 3.00. The highest BCUT2D eigenvalue weighted by atomic mass is 35.5. The number of carbonyl (C=O) groups excluding carboxylic acids is 2. The van der Waals surface area contributed by atoms with E-state index in [1.807, 2.05) is 24.3 Å². The van der Waals surface area contributed by atoms with Gasteiger partial charge in [0.15, 0.2) is 6.61 Å². The summed E-state index contributed by atoms with van der Waals surface area (Å²) < 4.78 is 4.98. The van der Waals surface area contributed by atoms with E-state index < -0.39 is 23.2 Å². The smallest absolute Gasteiger partial charge is 0.345 e. The van der Waals surface area contributed by atoms with Gasteiger partial charge in [-0.15, -0.1) is 0 Å². The number of benzene rings is 2. The predicted octanol–water partition coefficient (Wildman–Crippen LogP) is 2.99. The predicted molar refractivity (Wildman–Crippen MR) is 94.0 cm³/mol. The van der Waals surface area contributed by atoms with Crippen molar-refractivity contribution in [1.29, 1.82) is 0 Å². The van der Waals surface area contributed by atoms with Gasteiger partial charge in [-0.3, -0.25) is 14.9 Å². The summed E-state index contributed by atoms with van der Waals surface area (Å²) in [5, 5.41) is 11.2. The molecule has 0 spiro atoms. The molecule has 1 aliphatic rings. The lowest BCUT2D eigenvalue weighted by molar-refractivity contribution is -0.385. The maximum absolute atomic E-state index is 12.3. The molecule has 0 bridgehead atoms. The Bertz CT molecular complexity index is 884. The molecule has 0 aliphatic carbocycles. The summed E-state index contributed by atoms with van der Waals surface area (Å²) in [5.74, 6) is -1.27. The Balaban J connectivity index is 1.64. The molecule has 2 aromatic rings. The van der Waals surface area contributed by atoms with Crippen LogP contribution in [0.25, 0.3) is 0 Å². The first-order valence-corrected chi connectivity index (χ1v) is 8.29. The van der Waals surface area contributed by atoms with Crippen molar-refractivity contribution in [2.75, 3.05) is 13.2 Å². The molecule has 8 heteroatoms. The van der Waals surface area contributed by atoms with Crippen molar-refractivity contribution >= 4 is 29.2 Å². The van der Waals surface area contributed by atoms with Crippen molar-refractivity contribution in [3.05, 3.63) is 74.3 Å². The maximum atomic E-state index is 12.3. The van der Waals surface area contributed by atoms with Gasteiger partial charge in [0.2, 0.25) is 0 Å². The number of halogens is 1. The lowest BCUT2D eigenvalue weighted by Crippen LogP contribution is -2.38. The minimum atomic E-state index is -0.931. The van der Waals surface area contributed by atoms with E-state index in [0.717, 1.165) is 18.1 Å². The van der Waals surface area contributed by atoms with E-state index in [0.29, 0.717) is 13.1 Å². The standard InChI is InChI=1S/C18H15ClN2O5/c19-14-5-6-15(16(9-14)21(24)25)18(23)26-11-17(22)20-8-7-12-3-1-2-4-13(12)10-20/h1-6,9H,7-8,10-11H2. The zero-order valence-corrected chi connectivity index (χ0v) is 14.4. The lowest BCUT2D eigenvalue weighted by Gasteiger charge is -2.28. The zero-order chi connectivity index (χ0) is 18.7. The largest absolute Gasteiger partial charge is 0.452 e. The highest BCUT2D eigenvalue weighted by Gasteiger charge is 2.25. The molecule has 0 saturated carbocycles. The Labute approximate surface area is 154 Å². The van der Waals surface area contributed by atoms with Gasteiger partial charge in [-0.25, -0.2) is 4.79 Å². The number of nitro benzene ring substituents is 1. The van der Waals surface area contributed by atoms with Crippen molar-refractivity contribution in [3.8, 4) is 0 Å². The molecule has 1 amide bonds. The third-order valence-electron chi connectivity index (χ3n) is 4.19. The fourth-order valence-electron chi connectivity index (χ4n) is 2.83. The topological polar surface area (TPSA) is 89.8 Å². The van der Waals surface area contributed by atoms with Gasteiger partial charge in [0, 0.05) is 24.2 Å². The summed E-state index contributed by atoms with van der Waals surface area (Å²) in [6.07, 6.45) is 0.735. The quantitative estimate of drug-likeness (QED) is 0.466. The number of amides is 1. The number of carbonyl (C=O) groups is 2. The fraction of sp³-hybridized carbons (Fsp3) is 0.222. The third kappa shape index (κ3) is 3.83. The second kappa shape index (κ2) is 7.53. The van der Waals surface area contributed by atoms with Crippen LogP contribution >= 0.6 is 11.6 Å². The number of rotatable bonds is 4. The average Bonchev–Trinajstić information content (AvgIpc) is 2.65. The average molecular weight is 375 g/mol. The van der Waals surface area contributed by atoms with Gasteiger partial charge in [0.05, 0.1) is 4.92 Å². The number of nitrogens with zero attached hydrogens (tertiary/aromatic N) is 2. The molecular formula is C18H15ClN2O5. The van der Waals surface area contributed by atoms with Crippen LogP contribution in [0.4, 0.5) is 5.69 Å². The molecule has 0 aromatic heterocycles. The van der Waals surface area contributed by atoms with Crippen LogP contribution in [-0.4, -0.2) is 34.9 Å². The second-order valence-electron chi connectivity index (χ2n) is 5.83. The van der Waals surface area contributed by atoms with E-state index in [1.165, 1.54) is 17.7 Å². The molecule has 2 aromatic carbocycles. The van der Waals surface area contributed by atoms with Crippen molar-refractivity contribution in [1.82, 2.24) is 4.90 Å². The minimum absolute atomic E-state index is 0.135. The van der Waals surface area contributed by atoms with Crippen molar-refractivity contribution < 1.29 is 19.2 Å². The molecule has 0 saturated heterocycles. The first-order chi connectivity index (χ1) is 12.5. The van der Waals surface area contributed by atoms with Crippen molar-refractivity contribution in [3.63, 3.8) is 0 Å². The van der Waals surface area contributed by atoms with Crippen LogP contribution in [0, 0.1) is 10.1 Å². The molecule has 0 fully saturated rings. The molecular weight excluding hydrogens is 360 g/mol. The molecule has 7 nitrogen and oxygen atoms in total. The normalized spacial score (nSPS) is 13.0. The molecule has 134 valence electrons. The van der Waals surface area contributed by atoms with E-state index in [-0.39, 0.29) is 16.5 Å². The number of ether oxygens (including phenoxy) is 1.